The molecule has 1 aliphatic heterocycles. The number of carbonyl (C=O) groups is 2. The van der Waals surface area contributed by atoms with Gasteiger partial charge in [-0.1, -0.05) is 12.1 Å². The fraction of sp³-hybridized carbons (Fsp3) is 0.318. The van der Waals surface area contributed by atoms with Gasteiger partial charge in [-0.15, -0.1) is 34.4 Å². The highest BCUT2D eigenvalue weighted by molar-refractivity contribution is 8.00. The number of hydrogen-bond acceptors (Lipinski definition) is 6. The Morgan fingerprint density at radius 1 is 1.17 bits per heavy atom. The molecule has 0 saturated carbocycles. The van der Waals surface area contributed by atoms with Gasteiger partial charge in [-0.05, 0) is 44.0 Å². The Hall–Kier alpha value is -2.16. The van der Waals surface area contributed by atoms with Crippen LogP contribution in [0.15, 0.2) is 46.7 Å². The monoisotopic (exact) mass is 457 g/mol. The number of hydrogen-bond donors (Lipinski definition) is 1. The molecule has 0 atom stereocenters. The Labute approximate surface area is 188 Å². The average molecular weight is 458 g/mol. The van der Waals surface area contributed by atoms with Gasteiger partial charge < -0.3 is 10.2 Å². The lowest BCUT2D eigenvalue weighted by atomic mass is 10.2. The molecule has 1 aromatic carbocycles. The second-order valence-electron chi connectivity index (χ2n) is 7.07. The highest BCUT2D eigenvalue weighted by Crippen LogP contribution is 2.29. The summed E-state index contributed by atoms with van der Waals surface area (Å²) in [6, 6.07) is 11.6. The summed E-state index contributed by atoms with van der Waals surface area (Å²) < 4.78 is 0. The molecule has 1 aliphatic rings. The van der Waals surface area contributed by atoms with Gasteiger partial charge >= 0.3 is 0 Å². The molecule has 5 nitrogen and oxygen atoms in total. The molecule has 0 aliphatic carbocycles. The molecule has 8 heteroatoms. The number of carbonyl (C=O) groups excluding carboxylic acids is 2. The minimum absolute atomic E-state index is 0.119. The first-order chi connectivity index (χ1) is 14.6. The topological polar surface area (TPSA) is 62.3 Å². The van der Waals surface area contributed by atoms with E-state index in [2.05, 4.69) is 21.7 Å². The Morgan fingerprint density at radius 2 is 1.97 bits per heavy atom. The molecule has 2 aromatic heterocycles. The van der Waals surface area contributed by atoms with Crippen molar-refractivity contribution in [2.75, 3.05) is 18.8 Å². The van der Waals surface area contributed by atoms with E-state index >= 15 is 0 Å². The number of thiazole rings is 1. The predicted octanol–water partition coefficient (Wildman–Crippen LogP) is 4.82. The van der Waals surface area contributed by atoms with E-state index in [0.717, 1.165) is 51.3 Å². The first-order valence-corrected chi connectivity index (χ1v) is 12.6. The summed E-state index contributed by atoms with van der Waals surface area (Å²) >= 11 is 4.72. The van der Waals surface area contributed by atoms with Crippen LogP contribution in [0.4, 0.5) is 0 Å². The van der Waals surface area contributed by atoms with Crippen molar-refractivity contribution in [2.45, 2.75) is 31.2 Å². The molecule has 3 aromatic rings. The first kappa shape index (κ1) is 21.1. The van der Waals surface area contributed by atoms with Crippen molar-refractivity contribution in [1.29, 1.82) is 0 Å². The molecule has 0 unspecified atom stereocenters. The highest BCUT2D eigenvalue weighted by Gasteiger charge is 2.19. The van der Waals surface area contributed by atoms with E-state index < -0.39 is 0 Å². The van der Waals surface area contributed by atoms with Gasteiger partial charge in [0.2, 0.25) is 5.91 Å². The summed E-state index contributed by atoms with van der Waals surface area (Å²) in [6.45, 7) is 4.17. The minimum Gasteiger partial charge on any atom is -0.347 e. The Bertz CT molecular complexity index is 1040. The van der Waals surface area contributed by atoms with Gasteiger partial charge in [0, 0.05) is 28.2 Å². The van der Waals surface area contributed by atoms with Crippen LogP contribution in [0.25, 0.3) is 10.6 Å². The highest BCUT2D eigenvalue weighted by atomic mass is 32.2. The molecule has 156 valence electrons. The summed E-state index contributed by atoms with van der Waals surface area (Å²) in [7, 11) is 0. The number of amides is 2. The number of likely N-dealkylation sites (tertiary alicyclic amines) is 1. The SMILES string of the molecule is Cc1nc(-c2ccc(CNC(=O)c3ccccc3SCC(=O)N3CCCC3)s2)cs1. The Morgan fingerprint density at radius 3 is 2.73 bits per heavy atom. The van der Waals surface area contributed by atoms with Crippen molar-refractivity contribution >= 4 is 46.2 Å². The maximum absolute atomic E-state index is 12.8. The van der Waals surface area contributed by atoms with Crippen molar-refractivity contribution in [3.8, 4) is 10.6 Å². The summed E-state index contributed by atoms with van der Waals surface area (Å²) in [5.41, 5.74) is 1.60. The fourth-order valence-electron chi connectivity index (χ4n) is 3.33. The van der Waals surface area contributed by atoms with Crippen LogP contribution in [0.5, 0.6) is 0 Å². The molecular weight excluding hydrogens is 434 g/mol. The zero-order valence-corrected chi connectivity index (χ0v) is 19.2. The molecule has 0 radical (unpaired) electrons. The number of thiophene rings is 1. The normalized spacial score (nSPS) is 13.6. The van der Waals surface area contributed by atoms with Crippen LogP contribution in [0.3, 0.4) is 0 Å². The number of nitrogens with one attached hydrogen (secondary N) is 1. The van der Waals surface area contributed by atoms with Crippen molar-refractivity contribution in [2.24, 2.45) is 0 Å². The van der Waals surface area contributed by atoms with Gasteiger partial charge in [0.15, 0.2) is 0 Å². The van der Waals surface area contributed by atoms with Crippen LogP contribution < -0.4 is 5.32 Å². The third-order valence-electron chi connectivity index (χ3n) is 4.90. The van der Waals surface area contributed by atoms with E-state index in [4.69, 9.17) is 0 Å². The van der Waals surface area contributed by atoms with Crippen LogP contribution in [0.2, 0.25) is 0 Å². The lowest BCUT2D eigenvalue weighted by molar-refractivity contribution is -0.127. The van der Waals surface area contributed by atoms with Crippen molar-refractivity contribution in [3.05, 3.63) is 57.2 Å². The van der Waals surface area contributed by atoms with Crippen LogP contribution in [0, 0.1) is 6.92 Å². The summed E-state index contributed by atoms with van der Waals surface area (Å²) in [4.78, 5) is 34.6. The van der Waals surface area contributed by atoms with Crippen molar-refractivity contribution in [1.82, 2.24) is 15.2 Å². The van der Waals surface area contributed by atoms with E-state index in [-0.39, 0.29) is 11.8 Å². The van der Waals surface area contributed by atoms with Crippen molar-refractivity contribution < 1.29 is 9.59 Å². The minimum atomic E-state index is -0.119. The maximum Gasteiger partial charge on any atom is 0.252 e. The number of aryl methyl sites for hydroxylation is 1. The van der Waals surface area contributed by atoms with E-state index in [1.54, 1.807) is 22.7 Å². The predicted molar refractivity (Wildman–Crippen MR) is 124 cm³/mol. The van der Waals surface area contributed by atoms with Crippen LogP contribution in [0.1, 0.15) is 33.1 Å². The molecule has 4 rings (SSSR count). The lowest BCUT2D eigenvalue weighted by Gasteiger charge is -2.15. The number of benzene rings is 1. The molecule has 1 saturated heterocycles. The van der Waals surface area contributed by atoms with Gasteiger partial charge in [0.1, 0.15) is 0 Å². The maximum atomic E-state index is 12.8. The van der Waals surface area contributed by atoms with Crippen LogP contribution in [-0.2, 0) is 11.3 Å². The fourth-order valence-corrected chi connectivity index (χ4v) is 5.88. The molecule has 0 spiro atoms. The average Bonchev–Trinajstić information content (AvgIpc) is 3.52. The lowest BCUT2D eigenvalue weighted by Crippen LogP contribution is -2.29. The summed E-state index contributed by atoms with van der Waals surface area (Å²) in [5, 5.41) is 6.12. The smallest absolute Gasteiger partial charge is 0.252 e. The largest absolute Gasteiger partial charge is 0.347 e. The van der Waals surface area contributed by atoms with Gasteiger partial charge in [0.05, 0.1) is 33.4 Å². The molecule has 3 heterocycles. The van der Waals surface area contributed by atoms with Crippen LogP contribution >= 0.6 is 34.4 Å². The van der Waals surface area contributed by atoms with E-state index in [0.29, 0.717) is 17.9 Å². The van der Waals surface area contributed by atoms with Gasteiger partial charge in [-0.2, -0.15) is 0 Å². The van der Waals surface area contributed by atoms with Crippen molar-refractivity contribution in [3.63, 3.8) is 0 Å². The second-order valence-corrected chi connectivity index (χ2v) is 10.3. The number of nitrogens with zero attached hydrogens (tertiary/aromatic N) is 2. The van der Waals surface area contributed by atoms with E-state index in [1.165, 1.54) is 11.8 Å². The van der Waals surface area contributed by atoms with Gasteiger partial charge in [0.25, 0.3) is 5.91 Å². The molecule has 1 fully saturated rings. The second kappa shape index (κ2) is 9.76. The van der Waals surface area contributed by atoms with E-state index in [1.807, 2.05) is 42.2 Å². The molecule has 1 N–H and O–H groups in total. The standard InChI is InChI=1S/C22H23N3O2S3/c1-15-24-18(13-28-15)20-9-8-16(30-20)12-23-22(27)17-6-2-3-7-19(17)29-14-21(26)25-10-4-5-11-25/h2-3,6-9,13H,4-5,10-12,14H2,1H3,(H,23,27). The molecule has 0 bridgehead atoms. The number of thioether (sulfide) groups is 1. The van der Waals surface area contributed by atoms with Crippen LogP contribution in [-0.4, -0.2) is 40.5 Å². The zero-order chi connectivity index (χ0) is 20.9. The first-order valence-electron chi connectivity index (χ1n) is 9.89. The quantitative estimate of drug-likeness (QED) is 0.517. The third-order valence-corrected chi connectivity index (χ3v) is 7.84. The van der Waals surface area contributed by atoms with E-state index in [9.17, 15) is 9.59 Å². The summed E-state index contributed by atoms with van der Waals surface area (Å²) in [6.07, 6.45) is 2.17. The zero-order valence-electron chi connectivity index (χ0n) is 16.7. The van der Waals surface area contributed by atoms with Gasteiger partial charge in [-0.25, -0.2) is 4.98 Å². The number of rotatable bonds is 7. The Kier molecular flexibility index (Phi) is 6.86. The number of aromatic nitrogens is 1. The molecule has 30 heavy (non-hydrogen) atoms. The molecule has 2 amide bonds. The van der Waals surface area contributed by atoms with Gasteiger partial charge in [-0.3, -0.25) is 9.59 Å². The summed E-state index contributed by atoms with van der Waals surface area (Å²) in [5.74, 6) is 0.397. The third kappa shape index (κ3) is 5.11. The Balaban J connectivity index is 1.35. The molecular formula is C22H23N3O2S3.